The minimum Gasteiger partial charge on any atom is -0.494 e. The van der Waals surface area contributed by atoms with Gasteiger partial charge in [-0.1, -0.05) is 20.8 Å². The van der Waals surface area contributed by atoms with Gasteiger partial charge in [0.1, 0.15) is 11.6 Å². The van der Waals surface area contributed by atoms with E-state index < -0.39 is 11.7 Å². The number of nitrogen functional groups attached to an aromatic ring is 1. The molecule has 3 aromatic rings. The molecule has 3 rings (SSSR count). The Morgan fingerprint density at radius 3 is 2.50 bits per heavy atom. The molecule has 156 valence electrons. The predicted octanol–water partition coefficient (Wildman–Crippen LogP) is 4.32. The SMILES string of the molecule is COc1c(NC(=O)c2ccc(N)c(F)c2)cc(-c2ccc[nH]c2=O)cc1C(C)(C)C. The van der Waals surface area contributed by atoms with Crippen LogP contribution in [-0.2, 0) is 5.41 Å². The number of rotatable bonds is 4. The smallest absolute Gasteiger partial charge is 0.255 e. The number of anilines is 2. The third kappa shape index (κ3) is 4.20. The van der Waals surface area contributed by atoms with Crippen molar-refractivity contribution in [2.45, 2.75) is 26.2 Å². The maximum atomic E-state index is 13.8. The second-order valence-corrected chi connectivity index (χ2v) is 7.96. The zero-order valence-electron chi connectivity index (χ0n) is 17.3. The summed E-state index contributed by atoms with van der Waals surface area (Å²) in [4.78, 5) is 27.8. The van der Waals surface area contributed by atoms with Crippen LogP contribution in [0.25, 0.3) is 11.1 Å². The largest absolute Gasteiger partial charge is 0.494 e. The van der Waals surface area contributed by atoms with Crippen LogP contribution in [0, 0.1) is 5.82 Å². The van der Waals surface area contributed by atoms with Gasteiger partial charge in [-0.25, -0.2) is 4.39 Å². The van der Waals surface area contributed by atoms with Crippen LogP contribution in [0.1, 0.15) is 36.7 Å². The first-order chi connectivity index (χ1) is 14.1. The van der Waals surface area contributed by atoms with Gasteiger partial charge in [0.25, 0.3) is 11.5 Å². The molecule has 0 unspecified atom stereocenters. The van der Waals surface area contributed by atoms with Crippen molar-refractivity contribution >= 4 is 17.3 Å². The molecule has 30 heavy (non-hydrogen) atoms. The lowest BCUT2D eigenvalue weighted by Gasteiger charge is -2.25. The van der Waals surface area contributed by atoms with Crippen molar-refractivity contribution in [2.75, 3.05) is 18.2 Å². The van der Waals surface area contributed by atoms with E-state index in [1.54, 1.807) is 24.4 Å². The van der Waals surface area contributed by atoms with E-state index in [0.717, 1.165) is 11.6 Å². The van der Waals surface area contributed by atoms with Gasteiger partial charge < -0.3 is 20.8 Å². The summed E-state index contributed by atoms with van der Waals surface area (Å²) in [6.07, 6.45) is 1.55. The number of aromatic amines is 1. The number of pyridine rings is 1. The lowest BCUT2D eigenvalue weighted by Crippen LogP contribution is -2.18. The van der Waals surface area contributed by atoms with Crippen LogP contribution in [0.4, 0.5) is 15.8 Å². The summed E-state index contributed by atoms with van der Waals surface area (Å²) >= 11 is 0. The van der Waals surface area contributed by atoms with Crippen molar-refractivity contribution in [3.8, 4) is 16.9 Å². The maximum absolute atomic E-state index is 13.8. The molecule has 0 bridgehead atoms. The molecule has 1 heterocycles. The Morgan fingerprint density at radius 2 is 1.90 bits per heavy atom. The van der Waals surface area contributed by atoms with Gasteiger partial charge >= 0.3 is 0 Å². The van der Waals surface area contributed by atoms with Gasteiger partial charge in [-0.05, 0) is 53.4 Å². The minimum absolute atomic E-state index is 0.0375. The number of nitrogens with two attached hydrogens (primary N) is 1. The standard InChI is InChI=1S/C23H24FN3O3/c1-23(2,3)16-10-14(15-6-5-9-26-22(15)29)12-19(20(16)30-4)27-21(28)13-7-8-18(25)17(24)11-13/h5-12H,25H2,1-4H3,(H,26,29)(H,27,28). The molecule has 0 fully saturated rings. The zero-order valence-corrected chi connectivity index (χ0v) is 17.3. The number of halogens is 1. The fourth-order valence-electron chi connectivity index (χ4n) is 3.17. The highest BCUT2D eigenvalue weighted by Gasteiger charge is 2.24. The van der Waals surface area contributed by atoms with Crippen LogP contribution in [-0.4, -0.2) is 18.0 Å². The zero-order chi connectivity index (χ0) is 22.1. The normalized spacial score (nSPS) is 11.2. The van der Waals surface area contributed by atoms with Crippen molar-refractivity contribution in [3.63, 3.8) is 0 Å². The Bertz CT molecular complexity index is 1160. The molecule has 0 aliphatic carbocycles. The van der Waals surface area contributed by atoms with Crippen LogP contribution >= 0.6 is 0 Å². The Kier molecular flexibility index (Phi) is 5.64. The molecule has 0 spiro atoms. The van der Waals surface area contributed by atoms with Crippen molar-refractivity contribution in [1.82, 2.24) is 4.98 Å². The number of aromatic nitrogens is 1. The summed E-state index contributed by atoms with van der Waals surface area (Å²) in [5.74, 6) is -0.719. The summed E-state index contributed by atoms with van der Waals surface area (Å²) in [5, 5.41) is 2.78. The Balaban J connectivity index is 2.15. The van der Waals surface area contributed by atoms with E-state index in [0.29, 0.717) is 22.6 Å². The number of methoxy groups -OCH3 is 1. The molecule has 7 heteroatoms. The number of nitrogens with one attached hydrogen (secondary N) is 2. The van der Waals surface area contributed by atoms with Crippen molar-refractivity contribution in [2.24, 2.45) is 0 Å². The quantitative estimate of drug-likeness (QED) is 0.559. The number of ether oxygens (including phenoxy) is 1. The fraction of sp³-hybridized carbons (Fsp3) is 0.217. The van der Waals surface area contributed by atoms with Crippen LogP contribution < -0.4 is 21.3 Å². The first-order valence-corrected chi connectivity index (χ1v) is 9.39. The van der Waals surface area contributed by atoms with Crippen LogP contribution in [0.5, 0.6) is 5.75 Å². The monoisotopic (exact) mass is 409 g/mol. The Labute approximate surface area is 173 Å². The molecule has 0 aliphatic heterocycles. The molecule has 0 atom stereocenters. The molecular weight excluding hydrogens is 385 g/mol. The van der Waals surface area contributed by atoms with Crippen LogP contribution in [0.2, 0.25) is 0 Å². The Hall–Kier alpha value is -3.61. The van der Waals surface area contributed by atoms with Crippen molar-refractivity contribution in [1.29, 1.82) is 0 Å². The predicted molar refractivity (Wildman–Crippen MR) is 117 cm³/mol. The number of carbonyl (C=O) groups excluding carboxylic acids is 1. The summed E-state index contributed by atoms with van der Waals surface area (Å²) in [7, 11) is 1.51. The molecule has 2 aromatic carbocycles. The van der Waals surface area contributed by atoms with Gasteiger partial charge in [-0.2, -0.15) is 0 Å². The van der Waals surface area contributed by atoms with E-state index in [4.69, 9.17) is 10.5 Å². The van der Waals surface area contributed by atoms with Gasteiger partial charge in [0.15, 0.2) is 0 Å². The number of hydrogen-bond acceptors (Lipinski definition) is 4. The van der Waals surface area contributed by atoms with Gasteiger partial charge in [-0.3, -0.25) is 9.59 Å². The maximum Gasteiger partial charge on any atom is 0.255 e. The molecule has 6 nitrogen and oxygen atoms in total. The van der Waals surface area contributed by atoms with E-state index in [-0.39, 0.29) is 22.2 Å². The van der Waals surface area contributed by atoms with E-state index in [2.05, 4.69) is 10.3 Å². The summed E-state index contributed by atoms with van der Waals surface area (Å²) in [6, 6.07) is 10.8. The van der Waals surface area contributed by atoms with E-state index in [1.165, 1.54) is 19.2 Å². The average molecular weight is 409 g/mol. The average Bonchev–Trinajstić information content (AvgIpc) is 2.69. The molecule has 0 radical (unpaired) electrons. The number of H-pyrrole nitrogens is 1. The highest BCUT2D eigenvalue weighted by atomic mass is 19.1. The van der Waals surface area contributed by atoms with Gasteiger partial charge in [0.05, 0.1) is 18.5 Å². The first kappa shape index (κ1) is 21.1. The summed E-state index contributed by atoms with van der Waals surface area (Å²) in [5.41, 5.74) is 7.26. The lowest BCUT2D eigenvalue weighted by atomic mass is 9.84. The second-order valence-electron chi connectivity index (χ2n) is 7.96. The third-order valence-corrected chi connectivity index (χ3v) is 4.74. The molecule has 1 aromatic heterocycles. The number of carbonyl (C=O) groups is 1. The Morgan fingerprint density at radius 1 is 1.17 bits per heavy atom. The molecule has 4 N–H and O–H groups in total. The summed E-state index contributed by atoms with van der Waals surface area (Å²) in [6.45, 7) is 6.01. The number of amides is 1. The van der Waals surface area contributed by atoms with Gasteiger partial charge in [-0.15, -0.1) is 0 Å². The van der Waals surface area contributed by atoms with Crippen LogP contribution in [0.15, 0.2) is 53.5 Å². The van der Waals surface area contributed by atoms with Gasteiger partial charge in [0, 0.05) is 22.9 Å². The van der Waals surface area contributed by atoms with Crippen molar-refractivity contribution in [3.05, 3.63) is 76.0 Å². The number of benzene rings is 2. The third-order valence-electron chi connectivity index (χ3n) is 4.74. The molecule has 1 amide bonds. The molecule has 0 saturated heterocycles. The molecule has 0 aliphatic rings. The van der Waals surface area contributed by atoms with Gasteiger partial charge in [0.2, 0.25) is 0 Å². The molecule has 0 saturated carbocycles. The highest BCUT2D eigenvalue weighted by molar-refractivity contribution is 6.05. The first-order valence-electron chi connectivity index (χ1n) is 9.39. The topological polar surface area (TPSA) is 97.2 Å². The highest BCUT2D eigenvalue weighted by Crippen LogP contribution is 2.40. The fourth-order valence-corrected chi connectivity index (χ4v) is 3.17. The van der Waals surface area contributed by atoms with E-state index in [1.807, 2.05) is 26.8 Å². The molecular formula is C23H24FN3O3. The summed E-state index contributed by atoms with van der Waals surface area (Å²) < 4.78 is 19.4. The lowest BCUT2D eigenvalue weighted by molar-refractivity contribution is 0.102. The van der Waals surface area contributed by atoms with E-state index >= 15 is 0 Å². The van der Waals surface area contributed by atoms with Crippen molar-refractivity contribution < 1.29 is 13.9 Å². The second kappa shape index (κ2) is 8.02. The van der Waals surface area contributed by atoms with Crippen LogP contribution in [0.3, 0.4) is 0 Å². The number of hydrogen-bond donors (Lipinski definition) is 3. The minimum atomic E-state index is -0.672. The van der Waals surface area contributed by atoms with E-state index in [9.17, 15) is 14.0 Å².